The van der Waals surface area contributed by atoms with Gasteiger partial charge in [-0.25, -0.2) is 0 Å². The van der Waals surface area contributed by atoms with E-state index in [0.717, 1.165) is 25.7 Å². The van der Waals surface area contributed by atoms with Crippen molar-refractivity contribution in [2.75, 3.05) is 0 Å². The number of rotatable bonds is 4. The molecule has 0 aliphatic heterocycles. The van der Waals surface area contributed by atoms with Gasteiger partial charge in [0.05, 0.1) is 12.0 Å². The Bertz CT molecular complexity index is 396. The largest absolute Gasteiger partial charge is 0.426 e. The summed E-state index contributed by atoms with van der Waals surface area (Å²) in [6.07, 6.45) is 5.00. The van der Waals surface area contributed by atoms with Gasteiger partial charge in [-0.2, -0.15) is 0 Å². The minimum Gasteiger partial charge on any atom is -0.426 e. The summed E-state index contributed by atoms with van der Waals surface area (Å²) in [5, 5.41) is 10.3. The van der Waals surface area contributed by atoms with Crippen molar-refractivity contribution in [3.05, 3.63) is 30.3 Å². The fourth-order valence-corrected chi connectivity index (χ4v) is 2.72. The van der Waals surface area contributed by atoms with Crippen LogP contribution in [0.4, 0.5) is 0 Å². The van der Waals surface area contributed by atoms with Crippen molar-refractivity contribution in [2.24, 2.45) is 11.8 Å². The van der Waals surface area contributed by atoms with Crippen LogP contribution in [0, 0.1) is 11.8 Å². The van der Waals surface area contributed by atoms with E-state index in [9.17, 15) is 9.90 Å². The number of esters is 1. The maximum absolute atomic E-state index is 12.0. The topological polar surface area (TPSA) is 46.5 Å². The predicted octanol–water partition coefficient (Wildman–Crippen LogP) is 3.17. The Hall–Kier alpha value is -1.35. The molecule has 1 aliphatic carbocycles. The summed E-state index contributed by atoms with van der Waals surface area (Å²) >= 11 is 0. The number of aliphatic hydroxyl groups excluding tert-OH is 1. The zero-order valence-electron chi connectivity index (χ0n) is 11.4. The molecule has 1 aromatic carbocycles. The van der Waals surface area contributed by atoms with Crippen molar-refractivity contribution in [1.29, 1.82) is 0 Å². The average Bonchev–Trinajstić information content (AvgIpc) is 2.47. The molecular formula is C16H22O3. The van der Waals surface area contributed by atoms with Crippen molar-refractivity contribution in [3.8, 4) is 5.75 Å². The lowest BCUT2D eigenvalue weighted by molar-refractivity contribution is -0.143. The van der Waals surface area contributed by atoms with E-state index >= 15 is 0 Å². The number of carbonyl (C=O) groups is 1. The molecule has 3 heteroatoms. The Morgan fingerprint density at radius 3 is 2.47 bits per heavy atom. The van der Waals surface area contributed by atoms with Gasteiger partial charge in [-0.15, -0.1) is 0 Å². The lowest BCUT2D eigenvalue weighted by Gasteiger charge is -2.29. The first-order valence-corrected chi connectivity index (χ1v) is 7.13. The van der Waals surface area contributed by atoms with E-state index in [1.54, 1.807) is 19.1 Å². The van der Waals surface area contributed by atoms with Gasteiger partial charge in [0.2, 0.25) is 0 Å². The quantitative estimate of drug-likeness (QED) is 0.669. The molecule has 0 saturated heterocycles. The number of aliphatic hydroxyl groups is 1. The summed E-state index contributed by atoms with van der Waals surface area (Å²) in [6, 6.07) is 9.02. The minimum atomic E-state index is -0.587. The molecule has 0 bridgehead atoms. The molecule has 1 fully saturated rings. The molecule has 0 heterocycles. The SMILES string of the molecule is C[C@@H](C(=O)Oc1ccccc1)[C@H](O)C1CCCCC1. The standard InChI is InChI=1S/C16H22O3/c1-12(15(17)13-8-4-2-5-9-13)16(18)19-14-10-6-3-7-11-14/h3,6-7,10-13,15,17H,2,4-5,8-9H2,1H3/t12-,15+/m1/s1. The third kappa shape index (κ3) is 3.80. The number of benzene rings is 1. The summed E-state index contributed by atoms with van der Waals surface area (Å²) in [6.45, 7) is 1.75. The predicted molar refractivity (Wildman–Crippen MR) is 73.8 cm³/mol. The number of carbonyl (C=O) groups excluding carboxylic acids is 1. The van der Waals surface area contributed by atoms with Crippen LogP contribution in [0.15, 0.2) is 30.3 Å². The smallest absolute Gasteiger partial charge is 0.316 e. The fraction of sp³-hybridized carbons (Fsp3) is 0.562. The van der Waals surface area contributed by atoms with Crippen LogP contribution >= 0.6 is 0 Å². The molecule has 1 aromatic rings. The summed E-state index contributed by atoms with van der Waals surface area (Å²) in [5.74, 6) is -0.0325. The van der Waals surface area contributed by atoms with Crippen LogP contribution < -0.4 is 4.74 Å². The van der Waals surface area contributed by atoms with E-state index in [-0.39, 0.29) is 11.9 Å². The van der Waals surface area contributed by atoms with Crippen LogP contribution in [0.3, 0.4) is 0 Å². The molecule has 0 radical (unpaired) electrons. The molecule has 0 aromatic heterocycles. The second-order valence-corrected chi connectivity index (χ2v) is 5.41. The first-order chi connectivity index (χ1) is 9.18. The maximum Gasteiger partial charge on any atom is 0.316 e. The second-order valence-electron chi connectivity index (χ2n) is 5.41. The molecular weight excluding hydrogens is 240 g/mol. The number of para-hydroxylation sites is 1. The summed E-state index contributed by atoms with van der Waals surface area (Å²) < 4.78 is 5.29. The van der Waals surface area contributed by atoms with E-state index in [1.807, 2.05) is 18.2 Å². The first-order valence-electron chi connectivity index (χ1n) is 7.13. The van der Waals surface area contributed by atoms with Crippen LogP contribution in [0.25, 0.3) is 0 Å². The highest BCUT2D eigenvalue weighted by atomic mass is 16.5. The molecule has 19 heavy (non-hydrogen) atoms. The third-order valence-electron chi connectivity index (χ3n) is 3.98. The third-order valence-corrected chi connectivity index (χ3v) is 3.98. The zero-order valence-corrected chi connectivity index (χ0v) is 11.4. The van der Waals surface area contributed by atoms with Gasteiger partial charge in [0.15, 0.2) is 0 Å². The van der Waals surface area contributed by atoms with Gasteiger partial charge < -0.3 is 9.84 Å². The van der Waals surface area contributed by atoms with Gasteiger partial charge >= 0.3 is 5.97 Å². The highest BCUT2D eigenvalue weighted by molar-refractivity contribution is 5.75. The van der Waals surface area contributed by atoms with Crippen molar-refractivity contribution in [2.45, 2.75) is 45.1 Å². The van der Waals surface area contributed by atoms with Crippen LogP contribution in [0.2, 0.25) is 0 Å². The van der Waals surface area contributed by atoms with Crippen LogP contribution in [0.5, 0.6) is 5.75 Å². The number of hydrogen-bond donors (Lipinski definition) is 1. The summed E-state index contributed by atoms with van der Waals surface area (Å²) in [5.41, 5.74) is 0. The average molecular weight is 262 g/mol. The van der Waals surface area contributed by atoms with E-state index in [1.165, 1.54) is 6.42 Å². The van der Waals surface area contributed by atoms with Crippen molar-refractivity contribution in [3.63, 3.8) is 0 Å². The second kappa shape index (κ2) is 6.71. The molecule has 0 spiro atoms. The lowest BCUT2D eigenvalue weighted by Crippen LogP contribution is -2.35. The van der Waals surface area contributed by atoms with Gasteiger partial charge in [-0.1, -0.05) is 37.5 Å². The Morgan fingerprint density at radius 1 is 1.21 bits per heavy atom. The Labute approximate surface area is 114 Å². The molecule has 1 N–H and O–H groups in total. The highest BCUT2D eigenvalue weighted by Crippen LogP contribution is 2.30. The van der Waals surface area contributed by atoms with Crippen LogP contribution in [-0.4, -0.2) is 17.2 Å². The molecule has 3 nitrogen and oxygen atoms in total. The fourth-order valence-electron chi connectivity index (χ4n) is 2.72. The van der Waals surface area contributed by atoms with E-state index < -0.39 is 12.0 Å². The molecule has 0 unspecified atom stereocenters. The molecule has 104 valence electrons. The van der Waals surface area contributed by atoms with Gasteiger partial charge in [-0.3, -0.25) is 4.79 Å². The van der Waals surface area contributed by atoms with Crippen LogP contribution in [-0.2, 0) is 4.79 Å². The van der Waals surface area contributed by atoms with E-state index in [4.69, 9.17) is 4.74 Å². The van der Waals surface area contributed by atoms with Crippen molar-refractivity contribution in [1.82, 2.24) is 0 Å². The van der Waals surface area contributed by atoms with Crippen molar-refractivity contribution < 1.29 is 14.6 Å². The normalized spacial score (nSPS) is 19.7. The highest BCUT2D eigenvalue weighted by Gasteiger charge is 2.31. The minimum absolute atomic E-state index is 0.243. The monoisotopic (exact) mass is 262 g/mol. The van der Waals surface area contributed by atoms with Crippen LogP contribution in [0.1, 0.15) is 39.0 Å². The molecule has 1 saturated carbocycles. The molecule has 2 atom stereocenters. The van der Waals surface area contributed by atoms with Gasteiger partial charge in [-0.05, 0) is 37.8 Å². The molecule has 0 amide bonds. The summed E-state index contributed by atoms with van der Waals surface area (Å²) in [4.78, 5) is 12.0. The van der Waals surface area contributed by atoms with E-state index in [0.29, 0.717) is 5.75 Å². The Balaban J connectivity index is 1.90. The lowest BCUT2D eigenvalue weighted by atomic mass is 9.81. The first kappa shape index (κ1) is 14.1. The molecule has 1 aliphatic rings. The van der Waals surface area contributed by atoms with Gasteiger partial charge in [0.25, 0.3) is 0 Å². The Morgan fingerprint density at radius 2 is 1.84 bits per heavy atom. The number of ether oxygens (including phenoxy) is 1. The summed E-state index contributed by atoms with van der Waals surface area (Å²) in [7, 11) is 0. The molecule has 2 rings (SSSR count). The van der Waals surface area contributed by atoms with E-state index in [2.05, 4.69) is 0 Å². The Kier molecular flexibility index (Phi) is 4.97. The maximum atomic E-state index is 12.0. The number of hydrogen-bond acceptors (Lipinski definition) is 3. The van der Waals surface area contributed by atoms with Gasteiger partial charge in [0, 0.05) is 0 Å². The van der Waals surface area contributed by atoms with Crippen molar-refractivity contribution >= 4 is 5.97 Å². The van der Waals surface area contributed by atoms with Gasteiger partial charge in [0.1, 0.15) is 5.75 Å². The zero-order chi connectivity index (χ0) is 13.7.